The number of hydrogen-bond donors (Lipinski definition) is 3. The summed E-state index contributed by atoms with van der Waals surface area (Å²) in [5.41, 5.74) is 1.54. The summed E-state index contributed by atoms with van der Waals surface area (Å²) in [6.07, 6.45) is 0.760. The summed E-state index contributed by atoms with van der Waals surface area (Å²) in [7, 11) is -14.9. The Kier molecular flexibility index (Phi) is 6.95. The molecule has 2 aromatic rings. The van der Waals surface area contributed by atoms with E-state index in [1.165, 1.54) is 6.33 Å². The first-order valence-electron chi connectivity index (χ1n) is 9.55. The standard InChI is InChI=1S/C16H26N3O10P3/c1-10-11(2)16(4,15-7-6-13-12(3)17-9-18-19(13)15)27-14(10)8-26-31(22,23)29-32(24,25)28-30(5,20)21/h6-7,9-11,14H,8H2,1-5H3,(H,20,21)(H,22,23)(H,24,25)/t10-,11+,14+,16+/m0/s1. The number of aromatic nitrogens is 3. The van der Waals surface area contributed by atoms with E-state index in [0.29, 0.717) is 6.66 Å². The van der Waals surface area contributed by atoms with Crippen LogP contribution in [-0.4, -0.2) is 48.7 Å². The molecule has 0 spiro atoms. The second kappa shape index (κ2) is 8.67. The van der Waals surface area contributed by atoms with Gasteiger partial charge in [0.05, 0.1) is 29.6 Å². The highest BCUT2D eigenvalue weighted by Gasteiger charge is 2.51. The fraction of sp³-hybridized carbons (Fsp3) is 0.625. The Bertz CT molecular complexity index is 1150. The number of aryl methyl sites for hydroxylation is 1. The number of ether oxygens (including phenoxy) is 1. The topological polar surface area (TPSA) is 179 Å². The summed E-state index contributed by atoms with van der Waals surface area (Å²) in [5, 5.41) is 4.30. The minimum Gasteiger partial charge on any atom is -0.363 e. The molecule has 3 unspecified atom stereocenters. The molecule has 0 aromatic carbocycles. The largest absolute Gasteiger partial charge is 0.488 e. The minimum atomic E-state index is -5.33. The Hall–Kier alpha value is -0.970. The van der Waals surface area contributed by atoms with Gasteiger partial charge in [-0.1, -0.05) is 13.8 Å². The van der Waals surface area contributed by atoms with Gasteiger partial charge < -0.3 is 19.4 Å². The zero-order valence-corrected chi connectivity index (χ0v) is 20.7. The SMILES string of the molecule is Cc1ncnn2c([C@]3(C)O[C@H](COP(=O)(O)OP(=O)(O)OP(C)(=O)O)[C@@H](C)[C@H]3C)ccc12. The molecule has 0 aliphatic carbocycles. The number of hydrogen-bond acceptors (Lipinski definition) is 9. The summed E-state index contributed by atoms with van der Waals surface area (Å²) < 4.78 is 55.8. The van der Waals surface area contributed by atoms with E-state index in [4.69, 9.17) is 14.2 Å². The molecule has 3 N–H and O–H groups in total. The van der Waals surface area contributed by atoms with Gasteiger partial charge in [0.15, 0.2) is 0 Å². The molecule has 180 valence electrons. The lowest BCUT2D eigenvalue weighted by molar-refractivity contribution is -0.0685. The minimum absolute atomic E-state index is 0.0731. The van der Waals surface area contributed by atoms with E-state index >= 15 is 0 Å². The normalized spacial score (nSPS) is 31.8. The molecule has 32 heavy (non-hydrogen) atoms. The smallest absolute Gasteiger partial charge is 0.363 e. The van der Waals surface area contributed by atoms with E-state index < -0.39 is 41.6 Å². The summed E-state index contributed by atoms with van der Waals surface area (Å²) in [4.78, 5) is 32.4. The van der Waals surface area contributed by atoms with Crippen LogP contribution in [0.25, 0.3) is 5.52 Å². The first-order chi connectivity index (χ1) is 14.5. The third-order valence-electron chi connectivity index (χ3n) is 5.66. The van der Waals surface area contributed by atoms with Crippen molar-refractivity contribution in [2.45, 2.75) is 39.4 Å². The molecule has 1 aliphatic rings. The molecule has 13 nitrogen and oxygen atoms in total. The molecule has 3 rings (SSSR count). The molecule has 0 saturated carbocycles. The van der Waals surface area contributed by atoms with Crippen molar-refractivity contribution in [3.63, 3.8) is 0 Å². The van der Waals surface area contributed by atoms with E-state index in [1.54, 1.807) is 4.52 Å². The average Bonchev–Trinajstić information content (AvgIpc) is 3.14. The van der Waals surface area contributed by atoms with Crippen LogP contribution in [0.15, 0.2) is 18.5 Å². The number of phosphoric acid groups is 2. The fourth-order valence-electron chi connectivity index (χ4n) is 3.79. The van der Waals surface area contributed by atoms with Crippen LogP contribution < -0.4 is 0 Å². The van der Waals surface area contributed by atoms with E-state index in [-0.39, 0.29) is 11.8 Å². The van der Waals surface area contributed by atoms with Crippen LogP contribution in [0.3, 0.4) is 0 Å². The highest BCUT2D eigenvalue weighted by atomic mass is 31.3. The van der Waals surface area contributed by atoms with E-state index in [9.17, 15) is 23.5 Å². The van der Waals surface area contributed by atoms with Crippen molar-refractivity contribution < 1.29 is 46.3 Å². The number of nitrogens with zero attached hydrogens (tertiary/aromatic N) is 3. The van der Waals surface area contributed by atoms with E-state index in [1.807, 2.05) is 39.8 Å². The molecule has 1 aliphatic heterocycles. The number of phosphoric ester groups is 1. The maximum atomic E-state index is 12.1. The van der Waals surface area contributed by atoms with Crippen molar-refractivity contribution in [1.82, 2.24) is 14.6 Å². The van der Waals surface area contributed by atoms with Gasteiger partial charge in [-0.15, -0.1) is 0 Å². The van der Waals surface area contributed by atoms with Crippen LogP contribution in [0.5, 0.6) is 0 Å². The number of fused-ring (bicyclic) bond motifs is 1. The van der Waals surface area contributed by atoms with Gasteiger partial charge >= 0.3 is 23.2 Å². The van der Waals surface area contributed by atoms with Crippen molar-refractivity contribution in [2.75, 3.05) is 13.3 Å². The van der Waals surface area contributed by atoms with E-state index in [2.05, 4.69) is 18.7 Å². The molecular formula is C16H26N3O10P3. The maximum Gasteiger partial charge on any atom is 0.488 e. The van der Waals surface area contributed by atoms with Gasteiger partial charge in [-0.05, 0) is 37.8 Å². The highest BCUT2D eigenvalue weighted by Crippen LogP contribution is 2.66. The monoisotopic (exact) mass is 513 g/mol. The first-order valence-corrected chi connectivity index (χ1v) is 14.6. The van der Waals surface area contributed by atoms with Gasteiger partial charge in [0.2, 0.25) is 0 Å². The quantitative estimate of drug-likeness (QED) is 0.440. The van der Waals surface area contributed by atoms with Crippen LogP contribution >= 0.6 is 23.2 Å². The second-order valence-electron chi connectivity index (χ2n) is 7.97. The molecular weight excluding hydrogens is 487 g/mol. The third kappa shape index (κ3) is 5.39. The second-order valence-corrected chi connectivity index (χ2v) is 13.0. The molecule has 7 atom stereocenters. The van der Waals surface area contributed by atoms with Crippen LogP contribution in [0.2, 0.25) is 0 Å². The van der Waals surface area contributed by atoms with Gasteiger partial charge in [-0.2, -0.15) is 9.41 Å². The fourth-order valence-corrected chi connectivity index (χ4v) is 7.28. The van der Waals surface area contributed by atoms with Crippen molar-refractivity contribution in [2.24, 2.45) is 11.8 Å². The summed E-state index contributed by atoms with van der Waals surface area (Å²) in [6, 6.07) is 3.75. The van der Waals surface area contributed by atoms with E-state index in [0.717, 1.165) is 16.9 Å². The molecule has 1 fully saturated rings. The van der Waals surface area contributed by atoms with Gasteiger partial charge in [-0.25, -0.2) is 22.9 Å². The van der Waals surface area contributed by atoms with Gasteiger partial charge in [0, 0.05) is 6.66 Å². The van der Waals surface area contributed by atoms with Crippen molar-refractivity contribution in [1.29, 1.82) is 0 Å². The summed E-state index contributed by atoms with van der Waals surface area (Å²) in [6.45, 7) is 7.74. The van der Waals surface area contributed by atoms with Gasteiger partial charge in [-0.3, -0.25) is 9.09 Å². The van der Waals surface area contributed by atoms with Crippen molar-refractivity contribution in [3.8, 4) is 0 Å². The average molecular weight is 513 g/mol. The lowest BCUT2D eigenvalue weighted by Gasteiger charge is -2.29. The lowest BCUT2D eigenvalue weighted by atomic mass is 9.81. The molecule has 0 bridgehead atoms. The zero-order chi connectivity index (χ0) is 24.1. The summed E-state index contributed by atoms with van der Waals surface area (Å²) in [5.74, 6) is -0.227. The van der Waals surface area contributed by atoms with Gasteiger partial charge in [0.1, 0.15) is 11.9 Å². The Balaban J connectivity index is 1.75. The van der Waals surface area contributed by atoms with Crippen LogP contribution in [0.1, 0.15) is 32.2 Å². The Morgan fingerprint density at radius 3 is 2.44 bits per heavy atom. The highest BCUT2D eigenvalue weighted by molar-refractivity contribution is 7.68. The lowest BCUT2D eigenvalue weighted by Crippen LogP contribution is -2.30. The zero-order valence-electron chi connectivity index (χ0n) is 18.1. The molecule has 2 aromatic heterocycles. The predicted octanol–water partition coefficient (Wildman–Crippen LogP) is 2.99. The molecule has 3 heterocycles. The Morgan fingerprint density at radius 2 is 1.81 bits per heavy atom. The number of rotatable bonds is 8. The van der Waals surface area contributed by atoms with Crippen LogP contribution in [0.4, 0.5) is 0 Å². The Labute approximate surface area is 184 Å². The molecule has 0 radical (unpaired) electrons. The summed E-state index contributed by atoms with van der Waals surface area (Å²) >= 11 is 0. The van der Waals surface area contributed by atoms with Crippen molar-refractivity contribution in [3.05, 3.63) is 29.8 Å². The Morgan fingerprint density at radius 1 is 1.16 bits per heavy atom. The molecule has 0 amide bonds. The van der Waals surface area contributed by atoms with Crippen LogP contribution in [-0.2, 0) is 37.2 Å². The molecule has 16 heteroatoms. The van der Waals surface area contributed by atoms with Gasteiger partial charge in [0.25, 0.3) is 0 Å². The third-order valence-corrected chi connectivity index (χ3v) is 9.82. The van der Waals surface area contributed by atoms with Crippen molar-refractivity contribution >= 4 is 28.8 Å². The first kappa shape index (κ1) is 25.6. The maximum absolute atomic E-state index is 12.1. The van der Waals surface area contributed by atoms with Crippen LogP contribution in [0, 0.1) is 18.8 Å². The molecule has 1 saturated heterocycles. The predicted molar refractivity (Wildman–Crippen MR) is 112 cm³/mol.